The number of ether oxygens (including phenoxy) is 2. The van der Waals surface area contributed by atoms with Crippen molar-refractivity contribution in [1.82, 2.24) is 5.32 Å². The molecule has 0 amide bonds. The molecule has 0 aromatic carbocycles. The van der Waals surface area contributed by atoms with E-state index in [1.54, 1.807) is 13.4 Å². The fourth-order valence-electron chi connectivity index (χ4n) is 1.55. The van der Waals surface area contributed by atoms with Crippen molar-refractivity contribution in [2.24, 2.45) is 0 Å². The van der Waals surface area contributed by atoms with Crippen molar-refractivity contribution in [3.63, 3.8) is 0 Å². The highest BCUT2D eigenvalue weighted by Crippen LogP contribution is 2.14. The largest absolute Gasteiger partial charge is 0.467 e. The second kappa shape index (κ2) is 7.25. The third-order valence-corrected chi connectivity index (χ3v) is 3.18. The van der Waals surface area contributed by atoms with Gasteiger partial charge >= 0.3 is 0 Å². The maximum absolute atomic E-state index is 5.62. The lowest BCUT2D eigenvalue weighted by molar-refractivity contribution is -0.0143. The summed E-state index contributed by atoms with van der Waals surface area (Å²) in [5.74, 6) is 0.867. The number of furan rings is 1. The number of nitrogens with one attached hydrogen (secondary N) is 1. The van der Waals surface area contributed by atoms with Crippen molar-refractivity contribution in [3.8, 4) is 0 Å². The average Bonchev–Trinajstić information content (AvgIpc) is 2.79. The molecule has 4 heteroatoms. The molecule has 1 N–H and O–H groups in total. The molecular formula is C16H29NO3. The first kappa shape index (κ1) is 17.2. The summed E-state index contributed by atoms with van der Waals surface area (Å²) >= 11 is 0. The van der Waals surface area contributed by atoms with Gasteiger partial charge in [-0.15, -0.1) is 0 Å². The van der Waals surface area contributed by atoms with Crippen LogP contribution in [0.4, 0.5) is 0 Å². The summed E-state index contributed by atoms with van der Waals surface area (Å²) in [5.41, 5.74) is 1.13. The van der Waals surface area contributed by atoms with Crippen LogP contribution in [0.2, 0.25) is 0 Å². The molecule has 116 valence electrons. The van der Waals surface area contributed by atoms with Gasteiger partial charge < -0.3 is 19.2 Å². The van der Waals surface area contributed by atoms with Crippen LogP contribution < -0.4 is 5.32 Å². The van der Waals surface area contributed by atoms with Gasteiger partial charge in [-0.3, -0.25) is 0 Å². The van der Waals surface area contributed by atoms with Gasteiger partial charge in [0.05, 0.1) is 11.9 Å². The molecule has 0 spiro atoms. The standard InChI is InChI=1S/C16H29NO3/c1-15(2,3)17-10-13-9-14(20-11-13)12-19-8-7-16(4,5)18-6/h9,11,17H,7-8,10,12H2,1-6H3. The van der Waals surface area contributed by atoms with Crippen molar-refractivity contribution in [3.05, 3.63) is 23.7 Å². The molecule has 4 nitrogen and oxygen atoms in total. The van der Waals surface area contributed by atoms with Crippen LogP contribution in [0.3, 0.4) is 0 Å². The van der Waals surface area contributed by atoms with Crippen molar-refractivity contribution in [1.29, 1.82) is 0 Å². The lowest BCUT2D eigenvalue weighted by Crippen LogP contribution is -2.34. The lowest BCUT2D eigenvalue weighted by atomic mass is 10.1. The Bertz CT molecular complexity index is 391. The average molecular weight is 283 g/mol. The van der Waals surface area contributed by atoms with E-state index in [1.165, 1.54) is 0 Å². The minimum absolute atomic E-state index is 0.111. The van der Waals surface area contributed by atoms with Gasteiger partial charge in [0.25, 0.3) is 0 Å². The first-order valence-electron chi connectivity index (χ1n) is 7.16. The smallest absolute Gasteiger partial charge is 0.129 e. The quantitative estimate of drug-likeness (QED) is 0.742. The van der Waals surface area contributed by atoms with Gasteiger partial charge in [0.15, 0.2) is 0 Å². The molecule has 1 aromatic heterocycles. The van der Waals surface area contributed by atoms with Crippen LogP contribution in [0.25, 0.3) is 0 Å². The predicted molar refractivity (Wildman–Crippen MR) is 80.7 cm³/mol. The molecule has 0 radical (unpaired) electrons. The topological polar surface area (TPSA) is 43.6 Å². The van der Waals surface area contributed by atoms with E-state index in [0.29, 0.717) is 13.2 Å². The SMILES string of the molecule is COC(C)(C)CCOCc1cc(CNC(C)(C)C)co1. The zero-order valence-electron chi connectivity index (χ0n) is 13.7. The van der Waals surface area contributed by atoms with Gasteiger partial charge in [-0.05, 0) is 47.1 Å². The Morgan fingerprint density at radius 3 is 2.50 bits per heavy atom. The number of hydrogen-bond donors (Lipinski definition) is 1. The first-order valence-corrected chi connectivity index (χ1v) is 7.16. The van der Waals surface area contributed by atoms with E-state index >= 15 is 0 Å². The zero-order chi connectivity index (χ0) is 15.2. The highest BCUT2D eigenvalue weighted by Gasteiger charge is 2.15. The van der Waals surface area contributed by atoms with Gasteiger partial charge in [-0.25, -0.2) is 0 Å². The van der Waals surface area contributed by atoms with Crippen molar-refractivity contribution < 1.29 is 13.9 Å². The second-order valence-corrected chi connectivity index (χ2v) is 6.79. The minimum atomic E-state index is -0.134. The van der Waals surface area contributed by atoms with Gasteiger partial charge in [0.2, 0.25) is 0 Å². The van der Waals surface area contributed by atoms with E-state index < -0.39 is 0 Å². The number of rotatable bonds is 8. The Balaban J connectivity index is 2.27. The molecule has 1 aromatic rings. The summed E-state index contributed by atoms with van der Waals surface area (Å²) < 4.78 is 16.5. The van der Waals surface area contributed by atoms with E-state index in [2.05, 4.69) is 39.9 Å². The van der Waals surface area contributed by atoms with Crippen LogP contribution in [0.5, 0.6) is 0 Å². The fraction of sp³-hybridized carbons (Fsp3) is 0.750. The minimum Gasteiger partial charge on any atom is -0.467 e. The molecule has 0 bridgehead atoms. The van der Waals surface area contributed by atoms with E-state index in [0.717, 1.165) is 24.3 Å². The molecule has 1 rings (SSSR count). The Labute approximate surface area is 122 Å². The highest BCUT2D eigenvalue weighted by atomic mass is 16.5. The van der Waals surface area contributed by atoms with E-state index in [-0.39, 0.29) is 11.1 Å². The van der Waals surface area contributed by atoms with E-state index in [4.69, 9.17) is 13.9 Å². The Morgan fingerprint density at radius 1 is 1.20 bits per heavy atom. The maximum Gasteiger partial charge on any atom is 0.129 e. The summed E-state index contributed by atoms with van der Waals surface area (Å²) in [6.45, 7) is 12.5. The molecule has 0 saturated carbocycles. The molecule has 0 aliphatic rings. The Morgan fingerprint density at radius 2 is 1.90 bits per heavy atom. The van der Waals surface area contributed by atoms with E-state index in [9.17, 15) is 0 Å². The summed E-state index contributed by atoms with van der Waals surface area (Å²) in [6.07, 6.45) is 2.65. The zero-order valence-corrected chi connectivity index (χ0v) is 13.7. The highest BCUT2D eigenvalue weighted by molar-refractivity contribution is 5.12. The van der Waals surface area contributed by atoms with E-state index in [1.807, 2.05) is 6.07 Å². The molecule has 0 fully saturated rings. The summed E-state index contributed by atoms with van der Waals surface area (Å²) in [5, 5.41) is 3.43. The molecule has 1 heterocycles. The monoisotopic (exact) mass is 283 g/mol. The summed E-state index contributed by atoms with van der Waals surface area (Å²) in [6, 6.07) is 2.04. The van der Waals surface area contributed by atoms with Crippen LogP contribution in [0.15, 0.2) is 16.7 Å². The van der Waals surface area contributed by atoms with Crippen LogP contribution in [0.1, 0.15) is 52.4 Å². The number of methoxy groups -OCH3 is 1. The van der Waals surface area contributed by atoms with Crippen LogP contribution in [-0.2, 0) is 22.6 Å². The lowest BCUT2D eigenvalue weighted by Gasteiger charge is -2.22. The van der Waals surface area contributed by atoms with Crippen molar-refractivity contribution in [2.45, 2.75) is 65.3 Å². The Hall–Kier alpha value is -0.840. The maximum atomic E-state index is 5.62. The summed E-state index contributed by atoms with van der Waals surface area (Å²) in [4.78, 5) is 0. The first-order chi connectivity index (χ1) is 9.22. The molecule has 20 heavy (non-hydrogen) atoms. The number of hydrogen-bond acceptors (Lipinski definition) is 4. The van der Waals surface area contributed by atoms with Gasteiger partial charge in [-0.2, -0.15) is 0 Å². The molecule has 0 aliphatic heterocycles. The third-order valence-electron chi connectivity index (χ3n) is 3.18. The van der Waals surface area contributed by atoms with Crippen LogP contribution in [-0.4, -0.2) is 24.9 Å². The van der Waals surface area contributed by atoms with Gasteiger partial charge in [-0.1, -0.05) is 0 Å². The van der Waals surface area contributed by atoms with Gasteiger partial charge in [0.1, 0.15) is 12.4 Å². The third kappa shape index (κ3) is 7.08. The molecule has 0 atom stereocenters. The Kier molecular flexibility index (Phi) is 6.24. The summed E-state index contributed by atoms with van der Waals surface area (Å²) in [7, 11) is 1.72. The van der Waals surface area contributed by atoms with Crippen molar-refractivity contribution >= 4 is 0 Å². The second-order valence-electron chi connectivity index (χ2n) is 6.79. The van der Waals surface area contributed by atoms with Gasteiger partial charge in [0, 0.05) is 31.4 Å². The van der Waals surface area contributed by atoms with Crippen LogP contribution in [0, 0.1) is 0 Å². The van der Waals surface area contributed by atoms with Crippen LogP contribution >= 0.6 is 0 Å². The fourth-order valence-corrected chi connectivity index (χ4v) is 1.55. The molecule has 0 aliphatic carbocycles. The molecule has 0 unspecified atom stereocenters. The predicted octanol–water partition coefficient (Wildman–Crippen LogP) is 3.50. The van der Waals surface area contributed by atoms with Crippen molar-refractivity contribution in [2.75, 3.05) is 13.7 Å². The molecule has 0 saturated heterocycles. The molecular weight excluding hydrogens is 254 g/mol. The normalized spacial score (nSPS) is 12.9.